The van der Waals surface area contributed by atoms with Gasteiger partial charge in [-0.2, -0.15) is 0 Å². The van der Waals surface area contributed by atoms with E-state index >= 15 is 0 Å². The minimum Gasteiger partial charge on any atom is -0.494 e. The van der Waals surface area contributed by atoms with Crippen LogP contribution in [-0.4, -0.2) is 6.61 Å². The van der Waals surface area contributed by atoms with E-state index in [1.807, 2.05) is 37.3 Å². The molecule has 2 aromatic carbocycles. The summed E-state index contributed by atoms with van der Waals surface area (Å²) in [6, 6.07) is 11.6. The van der Waals surface area contributed by atoms with Crippen molar-refractivity contribution in [2.45, 2.75) is 19.9 Å². The lowest BCUT2D eigenvalue weighted by atomic mass is 9.97. The predicted molar refractivity (Wildman–Crippen MR) is 92.5 cm³/mol. The van der Waals surface area contributed by atoms with Crippen LogP contribution >= 0.6 is 34.2 Å². The van der Waals surface area contributed by atoms with Crippen LogP contribution in [0, 0.1) is 10.5 Å². The lowest BCUT2D eigenvalue weighted by molar-refractivity contribution is 0.335. The lowest BCUT2D eigenvalue weighted by Gasteiger charge is -2.19. The average molecular weight is 402 g/mol. The highest BCUT2D eigenvalue weighted by Crippen LogP contribution is 2.32. The highest BCUT2D eigenvalue weighted by atomic mass is 127. The summed E-state index contributed by atoms with van der Waals surface area (Å²) in [4.78, 5) is 0. The Hall–Kier alpha value is -0.780. The minimum atomic E-state index is -0.248. The molecule has 0 saturated heterocycles. The Kier molecular flexibility index (Phi) is 5.29. The van der Waals surface area contributed by atoms with Crippen molar-refractivity contribution in [2.24, 2.45) is 5.73 Å². The molecule has 0 bridgehead atoms. The molecule has 0 aliphatic rings. The number of hydrogen-bond acceptors (Lipinski definition) is 2. The second kappa shape index (κ2) is 6.78. The highest BCUT2D eigenvalue weighted by Gasteiger charge is 2.17. The summed E-state index contributed by atoms with van der Waals surface area (Å²) in [6.07, 6.45) is 0. The van der Waals surface area contributed by atoms with Crippen molar-refractivity contribution in [1.82, 2.24) is 0 Å². The fourth-order valence-electron chi connectivity index (χ4n) is 2.12. The molecule has 0 heterocycles. The van der Waals surface area contributed by atoms with E-state index in [0.29, 0.717) is 11.6 Å². The van der Waals surface area contributed by atoms with Gasteiger partial charge in [-0.1, -0.05) is 29.3 Å². The number of benzene rings is 2. The van der Waals surface area contributed by atoms with E-state index < -0.39 is 0 Å². The topological polar surface area (TPSA) is 35.2 Å². The molecule has 0 radical (unpaired) electrons. The molecule has 2 nitrogen and oxygen atoms in total. The van der Waals surface area contributed by atoms with E-state index in [4.69, 9.17) is 22.1 Å². The standard InChI is InChI=1S/C16H17ClINO/c1-3-20-15-7-4-10(2)8-13(15)16(19)12-9-11(17)5-6-14(12)18/h4-9,16H,3,19H2,1-2H3. The van der Waals surface area contributed by atoms with Crippen LogP contribution in [0.1, 0.15) is 29.7 Å². The maximum absolute atomic E-state index is 6.44. The van der Waals surface area contributed by atoms with E-state index in [1.165, 1.54) is 0 Å². The van der Waals surface area contributed by atoms with Gasteiger partial charge < -0.3 is 10.5 Å². The molecule has 0 aromatic heterocycles. The Morgan fingerprint density at radius 2 is 1.95 bits per heavy atom. The van der Waals surface area contributed by atoms with E-state index in [0.717, 1.165) is 26.0 Å². The normalized spacial score (nSPS) is 12.2. The van der Waals surface area contributed by atoms with Crippen LogP contribution in [0.15, 0.2) is 36.4 Å². The Bertz CT molecular complexity index is 615. The molecule has 4 heteroatoms. The van der Waals surface area contributed by atoms with Crippen molar-refractivity contribution in [3.8, 4) is 5.75 Å². The third-order valence-corrected chi connectivity index (χ3v) is 4.31. The molecule has 1 atom stereocenters. The minimum absolute atomic E-state index is 0.248. The van der Waals surface area contributed by atoms with Gasteiger partial charge in [0.25, 0.3) is 0 Å². The summed E-state index contributed by atoms with van der Waals surface area (Å²) in [5.74, 6) is 0.835. The lowest BCUT2D eigenvalue weighted by Crippen LogP contribution is -2.15. The number of nitrogens with two attached hydrogens (primary N) is 1. The summed E-state index contributed by atoms with van der Waals surface area (Å²) in [6.45, 7) is 4.64. The first kappa shape index (κ1) is 15.6. The second-order valence-corrected chi connectivity index (χ2v) is 6.22. The molecule has 0 amide bonds. The van der Waals surface area contributed by atoms with Crippen molar-refractivity contribution >= 4 is 34.2 Å². The summed E-state index contributed by atoms with van der Waals surface area (Å²) in [5, 5.41) is 0.696. The van der Waals surface area contributed by atoms with Crippen LogP contribution in [0.2, 0.25) is 5.02 Å². The molecule has 0 aliphatic heterocycles. The van der Waals surface area contributed by atoms with Gasteiger partial charge in [0.05, 0.1) is 12.6 Å². The van der Waals surface area contributed by atoms with Crippen molar-refractivity contribution in [1.29, 1.82) is 0 Å². The van der Waals surface area contributed by atoms with E-state index in [2.05, 4.69) is 35.6 Å². The van der Waals surface area contributed by atoms with Gasteiger partial charge >= 0.3 is 0 Å². The van der Waals surface area contributed by atoms with Crippen LogP contribution in [-0.2, 0) is 0 Å². The first-order chi connectivity index (χ1) is 9.52. The molecule has 1 unspecified atom stereocenters. The van der Waals surface area contributed by atoms with Gasteiger partial charge in [-0.15, -0.1) is 0 Å². The summed E-state index contributed by atoms with van der Waals surface area (Å²) in [5.41, 5.74) is 9.62. The zero-order chi connectivity index (χ0) is 14.7. The Morgan fingerprint density at radius 3 is 2.65 bits per heavy atom. The molecule has 0 fully saturated rings. The van der Waals surface area contributed by atoms with Gasteiger partial charge in [0.2, 0.25) is 0 Å². The number of rotatable bonds is 4. The molecule has 2 rings (SSSR count). The molecule has 2 N–H and O–H groups in total. The molecule has 0 aliphatic carbocycles. The Labute approximate surface area is 138 Å². The van der Waals surface area contributed by atoms with Crippen LogP contribution in [0.4, 0.5) is 0 Å². The van der Waals surface area contributed by atoms with Crippen LogP contribution in [0.3, 0.4) is 0 Å². The average Bonchev–Trinajstić information content (AvgIpc) is 2.43. The molecular weight excluding hydrogens is 385 g/mol. The quantitative estimate of drug-likeness (QED) is 0.754. The van der Waals surface area contributed by atoms with E-state index in [9.17, 15) is 0 Å². The second-order valence-electron chi connectivity index (χ2n) is 4.62. The maximum Gasteiger partial charge on any atom is 0.124 e. The largest absolute Gasteiger partial charge is 0.494 e. The fourth-order valence-corrected chi connectivity index (χ4v) is 2.97. The Morgan fingerprint density at radius 1 is 1.20 bits per heavy atom. The van der Waals surface area contributed by atoms with Crippen LogP contribution < -0.4 is 10.5 Å². The van der Waals surface area contributed by atoms with Crippen molar-refractivity contribution in [3.63, 3.8) is 0 Å². The monoisotopic (exact) mass is 401 g/mol. The SMILES string of the molecule is CCOc1ccc(C)cc1C(N)c1cc(Cl)ccc1I. The van der Waals surface area contributed by atoms with Gasteiger partial charge in [0.1, 0.15) is 5.75 Å². The van der Waals surface area contributed by atoms with Gasteiger partial charge in [-0.05, 0) is 66.3 Å². The molecule has 106 valence electrons. The van der Waals surface area contributed by atoms with Gasteiger partial charge in [-0.25, -0.2) is 0 Å². The molecule has 20 heavy (non-hydrogen) atoms. The van der Waals surface area contributed by atoms with Crippen molar-refractivity contribution in [2.75, 3.05) is 6.61 Å². The van der Waals surface area contributed by atoms with E-state index in [1.54, 1.807) is 0 Å². The zero-order valence-corrected chi connectivity index (χ0v) is 14.4. The maximum atomic E-state index is 6.44. The zero-order valence-electron chi connectivity index (χ0n) is 11.5. The first-order valence-electron chi connectivity index (χ1n) is 6.46. The highest BCUT2D eigenvalue weighted by molar-refractivity contribution is 14.1. The number of ether oxygens (including phenoxy) is 1. The third-order valence-electron chi connectivity index (χ3n) is 3.09. The van der Waals surface area contributed by atoms with Gasteiger partial charge in [-0.3, -0.25) is 0 Å². The summed E-state index contributed by atoms with van der Waals surface area (Å²) in [7, 11) is 0. The molecule has 2 aromatic rings. The predicted octanol–water partition coefficient (Wildman–Crippen LogP) is 4.70. The van der Waals surface area contributed by atoms with Crippen molar-refractivity contribution in [3.05, 3.63) is 61.7 Å². The molecule has 0 saturated carbocycles. The fraction of sp³-hybridized carbons (Fsp3) is 0.250. The summed E-state index contributed by atoms with van der Waals surface area (Å²) >= 11 is 8.37. The number of aryl methyl sites for hydroxylation is 1. The summed E-state index contributed by atoms with van der Waals surface area (Å²) < 4.78 is 6.79. The molecular formula is C16H17ClINO. The third kappa shape index (κ3) is 3.45. The smallest absolute Gasteiger partial charge is 0.124 e. The van der Waals surface area contributed by atoms with E-state index in [-0.39, 0.29) is 6.04 Å². The van der Waals surface area contributed by atoms with Gasteiger partial charge in [0.15, 0.2) is 0 Å². The number of hydrogen-bond donors (Lipinski definition) is 1. The van der Waals surface area contributed by atoms with Crippen LogP contribution in [0.25, 0.3) is 0 Å². The Balaban J connectivity index is 2.49. The number of halogens is 2. The molecule has 0 spiro atoms. The van der Waals surface area contributed by atoms with Crippen molar-refractivity contribution < 1.29 is 4.74 Å². The first-order valence-corrected chi connectivity index (χ1v) is 7.92. The van der Waals surface area contributed by atoms with Crippen LogP contribution in [0.5, 0.6) is 5.75 Å². The van der Waals surface area contributed by atoms with Gasteiger partial charge in [0, 0.05) is 14.2 Å².